The number of methoxy groups -OCH3 is 1. The Bertz CT molecular complexity index is 929. The molecule has 0 spiro atoms. The topological polar surface area (TPSA) is 54.9 Å². The van der Waals surface area contributed by atoms with Crippen LogP contribution in [0.4, 0.5) is 5.69 Å². The average molecular weight is 377 g/mol. The van der Waals surface area contributed by atoms with E-state index in [9.17, 15) is 0 Å². The molecule has 0 fully saturated rings. The number of hydrogen-bond donors (Lipinski definition) is 2. The van der Waals surface area contributed by atoms with Crippen LogP contribution in [-0.4, -0.2) is 18.4 Å². The second-order valence-electron chi connectivity index (χ2n) is 5.51. The molecule has 0 aliphatic carbocycles. The molecule has 0 atom stereocenters. The minimum Gasteiger partial charge on any atom is -0.495 e. The van der Waals surface area contributed by atoms with E-state index in [1.807, 2.05) is 78.9 Å². The van der Waals surface area contributed by atoms with Gasteiger partial charge in [-0.25, -0.2) is 0 Å². The number of nitrogens with one attached hydrogen (secondary N) is 2. The van der Waals surface area contributed by atoms with Gasteiger partial charge in [-0.2, -0.15) is 5.10 Å². The predicted molar refractivity (Wildman–Crippen MR) is 113 cm³/mol. The molecule has 0 saturated carbocycles. The lowest BCUT2D eigenvalue weighted by atomic mass is 10.2. The molecule has 3 aromatic carbocycles. The second kappa shape index (κ2) is 9.35. The third kappa shape index (κ3) is 5.55. The summed E-state index contributed by atoms with van der Waals surface area (Å²) >= 11 is 5.26. The van der Waals surface area contributed by atoms with E-state index in [0.29, 0.717) is 10.9 Å². The molecule has 27 heavy (non-hydrogen) atoms. The molecular formula is C21H19N3O2S. The van der Waals surface area contributed by atoms with Gasteiger partial charge in [0.25, 0.3) is 0 Å². The summed E-state index contributed by atoms with van der Waals surface area (Å²) < 4.78 is 11.1. The van der Waals surface area contributed by atoms with Crippen LogP contribution in [0.3, 0.4) is 0 Å². The first-order chi connectivity index (χ1) is 13.2. The summed E-state index contributed by atoms with van der Waals surface area (Å²) in [5.41, 5.74) is 4.45. The van der Waals surface area contributed by atoms with Crippen LogP contribution in [0.15, 0.2) is 84.0 Å². The number of rotatable bonds is 6. The molecule has 0 aliphatic rings. The van der Waals surface area contributed by atoms with Crippen molar-refractivity contribution in [3.05, 3.63) is 84.4 Å². The Morgan fingerprint density at radius 2 is 1.67 bits per heavy atom. The van der Waals surface area contributed by atoms with E-state index >= 15 is 0 Å². The zero-order valence-corrected chi connectivity index (χ0v) is 15.6. The number of ether oxygens (including phenoxy) is 2. The number of anilines is 1. The highest BCUT2D eigenvalue weighted by molar-refractivity contribution is 7.80. The fourth-order valence-corrected chi connectivity index (χ4v) is 2.51. The highest BCUT2D eigenvalue weighted by Gasteiger charge is 2.03. The van der Waals surface area contributed by atoms with Crippen LogP contribution in [0.5, 0.6) is 17.2 Å². The minimum absolute atomic E-state index is 0.368. The van der Waals surface area contributed by atoms with Crippen molar-refractivity contribution in [2.75, 3.05) is 12.4 Å². The molecular weight excluding hydrogens is 358 g/mol. The molecule has 0 bridgehead atoms. The number of thiocarbonyl (C=S) groups is 1. The normalized spacial score (nSPS) is 10.4. The number of benzene rings is 3. The van der Waals surface area contributed by atoms with E-state index < -0.39 is 0 Å². The van der Waals surface area contributed by atoms with Crippen LogP contribution in [0.25, 0.3) is 0 Å². The highest BCUT2D eigenvalue weighted by Crippen LogP contribution is 2.23. The number of hydrogen-bond acceptors (Lipinski definition) is 4. The molecule has 5 nitrogen and oxygen atoms in total. The Morgan fingerprint density at radius 3 is 2.48 bits per heavy atom. The Hall–Kier alpha value is -3.38. The van der Waals surface area contributed by atoms with E-state index in [1.54, 1.807) is 13.3 Å². The highest BCUT2D eigenvalue weighted by atomic mass is 32.1. The van der Waals surface area contributed by atoms with Gasteiger partial charge < -0.3 is 14.8 Å². The van der Waals surface area contributed by atoms with E-state index in [2.05, 4.69) is 15.8 Å². The van der Waals surface area contributed by atoms with E-state index in [0.717, 1.165) is 22.7 Å². The van der Waals surface area contributed by atoms with Gasteiger partial charge in [0, 0.05) is 0 Å². The molecule has 0 aromatic heterocycles. The van der Waals surface area contributed by atoms with Crippen molar-refractivity contribution in [1.29, 1.82) is 0 Å². The summed E-state index contributed by atoms with van der Waals surface area (Å²) in [7, 11) is 1.61. The third-order valence-electron chi connectivity index (χ3n) is 3.57. The summed E-state index contributed by atoms with van der Waals surface area (Å²) in [6, 6.07) is 24.8. The average Bonchev–Trinajstić information content (AvgIpc) is 2.69. The van der Waals surface area contributed by atoms with Gasteiger partial charge in [0.1, 0.15) is 17.2 Å². The largest absolute Gasteiger partial charge is 0.495 e. The van der Waals surface area contributed by atoms with Crippen LogP contribution in [0.1, 0.15) is 5.56 Å². The first-order valence-electron chi connectivity index (χ1n) is 8.30. The molecule has 0 heterocycles. The molecule has 0 aliphatic heterocycles. The van der Waals surface area contributed by atoms with Crippen molar-refractivity contribution in [2.24, 2.45) is 5.10 Å². The SMILES string of the molecule is COc1ccccc1NC(=S)N/N=C\c1cccc(Oc2ccccc2)c1. The van der Waals surface area contributed by atoms with Crippen LogP contribution < -0.4 is 20.2 Å². The number of para-hydroxylation sites is 3. The zero-order chi connectivity index (χ0) is 18.9. The fraction of sp³-hybridized carbons (Fsp3) is 0.0476. The molecule has 0 saturated heterocycles. The molecule has 3 rings (SSSR count). The maximum absolute atomic E-state index is 5.82. The van der Waals surface area contributed by atoms with Crippen LogP contribution >= 0.6 is 12.2 Å². The van der Waals surface area contributed by atoms with Crippen LogP contribution in [0, 0.1) is 0 Å². The molecule has 6 heteroatoms. The van der Waals surface area contributed by atoms with Crippen molar-refractivity contribution in [3.63, 3.8) is 0 Å². The van der Waals surface area contributed by atoms with Gasteiger partial charge in [0.2, 0.25) is 0 Å². The summed E-state index contributed by atoms with van der Waals surface area (Å²) in [6.45, 7) is 0. The van der Waals surface area contributed by atoms with Gasteiger partial charge >= 0.3 is 0 Å². The van der Waals surface area contributed by atoms with E-state index in [1.165, 1.54) is 0 Å². The maximum atomic E-state index is 5.82. The van der Waals surface area contributed by atoms with Crippen molar-refractivity contribution in [3.8, 4) is 17.2 Å². The lowest BCUT2D eigenvalue weighted by Gasteiger charge is -2.10. The summed E-state index contributed by atoms with van der Waals surface area (Å²) in [5.74, 6) is 2.23. The molecule has 2 N–H and O–H groups in total. The fourth-order valence-electron chi connectivity index (χ4n) is 2.35. The predicted octanol–water partition coefficient (Wildman–Crippen LogP) is 4.81. The second-order valence-corrected chi connectivity index (χ2v) is 5.92. The van der Waals surface area contributed by atoms with Crippen LogP contribution in [-0.2, 0) is 0 Å². The maximum Gasteiger partial charge on any atom is 0.191 e. The molecule has 0 amide bonds. The first kappa shape index (κ1) is 18.4. The smallest absolute Gasteiger partial charge is 0.191 e. The number of nitrogens with zero attached hydrogens (tertiary/aromatic N) is 1. The van der Waals surface area contributed by atoms with E-state index in [-0.39, 0.29) is 0 Å². The van der Waals surface area contributed by atoms with Crippen molar-refractivity contribution in [2.45, 2.75) is 0 Å². The molecule has 0 radical (unpaired) electrons. The lowest BCUT2D eigenvalue weighted by molar-refractivity contribution is 0.417. The summed E-state index contributed by atoms with van der Waals surface area (Å²) in [4.78, 5) is 0. The van der Waals surface area contributed by atoms with Gasteiger partial charge in [-0.3, -0.25) is 5.43 Å². The quantitative estimate of drug-likeness (QED) is 0.367. The minimum atomic E-state index is 0.368. The van der Waals surface area contributed by atoms with Gasteiger partial charge in [-0.15, -0.1) is 0 Å². The van der Waals surface area contributed by atoms with Crippen LogP contribution in [0.2, 0.25) is 0 Å². The van der Waals surface area contributed by atoms with E-state index in [4.69, 9.17) is 21.7 Å². The van der Waals surface area contributed by atoms with Gasteiger partial charge in [0.15, 0.2) is 5.11 Å². The Kier molecular flexibility index (Phi) is 6.38. The first-order valence-corrected chi connectivity index (χ1v) is 8.71. The van der Waals surface area contributed by atoms with Gasteiger partial charge in [0.05, 0.1) is 19.0 Å². The zero-order valence-electron chi connectivity index (χ0n) is 14.8. The monoisotopic (exact) mass is 377 g/mol. The Labute approximate surface area is 163 Å². The van der Waals surface area contributed by atoms with Crippen molar-refractivity contribution in [1.82, 2.24) is 5.43 Å². The van der Waals surface area contributed by atoms with Crippen molar-refractivity contribution >= 4 is 29.2 Å². The summed E-state index contributed by atoms with van der Waals surface area (Å²) in [5, 5.41) is 7.58. The number of hydrazone groups is 1. The molecule has 136 valence electrons. The standard InChI is InChI=1S/C21H19N3O2S/c1-25-20-13-6-5-12-19(20)23-21(27)24-22-15-16-8-7-11-18(14-16)26-17-9-3-2-4-10-17/h2-15H,1H3,(H2,23,24,27)/b22-15-. The Balaban J connectivity index is 1.58. The van der Waals surface area contributed by atoms with Gasteiger partial charge in [-0.1, -0.05) is 42.5 Å². The molecule has 3 aromatic rings. The van der Waals surface area contributed by atoms with Gasteiger partial charge in [-0.05, 0) is 54.2 Å². The molecule has 0 unspecified atom stereocenters. The Morgan fingerprint density at radius 1 is 0.926 bits per heavy atom. The third-order valence-corrected chi connectivity index (χ3v) is 3.77. The summed E-state index contributed by atoms with van der Waals surface area (Å²) in [6.07, 6.45) is 1.67. The lowest BCUT2D eigenvalue weighted by Crippen LogP contribution is -2.24. The van der Waals surface area contributed by atoms with Crippen molar-refractivity contribution < 1.29 is 9.47 Å².